The molecule has 0 aliphatic rings. The van der Waals surface area contributed by atoms with Crippen molar-refractivity contribution in [3.63, 3.8) is 0 Å². The fourth-order valence-electron chi connectivity index (χ4n) is 1.78. The summed E-state index contributed by atoms with van der Waals surface area (Å²) in [6, 6.07) is -2.15. The van der Waals surface area contributed by atoms with Gasteiger partial charge in [0.2, 0.25) is 11.8 Å². The van der Waals surface area contributed by atoms with Crippen molar-refractivity contribution in [3.05, 3.63) is 0 Å². The number of unbranched alkanes of at least 4 members (excludes halogenated alkanes) is 1. The third-order valence-electron chi connectivity index (χ3n) is 3.38. The van der Waals surface area contributed by atoms with Gasteiger partial charge in [0.25, 0.3) is 20.2 Å². The van der Waals surface area contributed by atoms with Crippen molar-refractivity contribution in [1.29, 1.82) is 0 Å². The van der Waals surface area contributed by atoms with E-state index in [2.05, 4.69) is 31.6 Å². The van der Waals surface area contributed by atoms with Gasteiger partial charge in [0.15, 0.2) is 0 Å². The average molecular weight is 554 g/mol. The Kier molecular flexibility index (Phi) is 17.5. The van der Waals surface area contributed by atoms with Gasteiger partial charge < -0.3 is 26.6 Å². The number of thiol groups is 1. The van der Waals surface area contributed by atoms with Crippen LogP contribution in [0.3, 0.4) is 0 Å². The van der Waals surface area contributed by atoms with E-state index in [1.807, 2.05) is 0 Å². The summed E-state index contributed by atoms with van der Waals surface area (Å²) in [7, 11) is -6.80. The highest BCUT2D eigenvalue weighted by Gasteiger charge is 2.21. The first kappa shape index (κ1) is 34.2. The highest BCUT2D eigenvalue weighted by molar-refractivity contribution is 7.86. The molecule has 15 nitrogen and oxygen atoms in total. The molecule has 0 rings (SSSR count). The van der Waals surface area contributed by atoms with Crippen molar-refractivity contribution in [2.24, 2.45) is 5.73 Å². The van der Waals surface area contributed by atoms with Crippen molar-refractivity contribution in [2.45, 2.75) is 37.8 Å². The average Bonchev–Trinajstić information content (AvgIpc) is 2.69. The number of carboxylic acids is 2. The van der Waals surface area contributed by atoms with E-state index in [0.717, 1.165) is 12.5 Å². The molecule has 34 heavy (non-hydrogen) atoms. The van der Waals surface area contributed by atoms with Gasteiger partial charge in [0, 0.05) is 12.2 Å². The molecule has 200 valence electrons. The number of hydrogen-bond donors (Lipinski definition) is 6. The molecule has 0 heterocycles. The molecule has 6 N–H and O–H groups in total. The molecule has 0 radical (unpaired) electrons. The van der Waals surface area contributed by atoms with Crippen molar-refractivity contribution in [3.8, 4) is 0 Å². The Hall–Kier alpha value is -1.99. The van der Waals surface area contributed by atoms with E-state index in [0.29, 0.717) is 12.8 Å². The Morgan fingerprint density at radius 3 is 1.79 bits per heavy atom. The minimum absolute atomic E-state index is 0.0256. The Morgan fingerprint density at radius 1 is 0.971 bits per heavy atom. The second-order valence-corrected chi connectivity index (χ2v) is 10.3. The van der Waals surface area contributed by atoms with E-state index < -0.39 is 62.6 Å². The van der Waals surface area contributed by atoms with Gasteiger partial charge in [-0.15, -0.1) is 0 Å². The van der Waals surface area contributed by atoms with Gasteiger partial charge in [0.05, 0.1) is 25.7 Å². The van der Waals surface area contributed by atoms with Crippen LogP contribution in [0.15, 0.2) is 0 Å². The zero-order valence-corrected chi connectivity index (χ0v) is 21.2. The number of nitrogens with two attached hydrogens (primary N) is 1. The number of carbonyl (C=O) groups excluding carboxylic acids is 2. The molecule has 0 fully saturated rings. The number of nitrogens with one attached hydrogen (secondary N) is 2. The molecule has 2 unspecified atom stereocenters. The van der Waals surface area contributed by atoms with E-state index in [4.69, 9.17) is 15.9 Å². The van der Waals surface area contributed by atoms with Gasteiger partial charge >= 0.3 is 11.9 Å². The van der Waals surface area contributed by atoms with Gasteiger partial charge in [-0.1, -0.05) is 0 Å². The third kappa shape index (κ3) is 23.2. The van der Waals surface area contributed by atoms with E-state index >= 15 is 0 Å². The first-order chi connectivity index (χ1) is 15.5. The van der Waals surface area contributed by atoms with Crippen LogP contribution in [0.2, 0.25) is 0 Å². The molecule has 0 saturated heterocycles. The topological polar surface area (TPSA) is 246 Å². The first-order valence-corrected chi connectivity index (χ1v) is 13.8. The second kappa shape index (κ2) is 17.4. The fraction of sp³-hybridized carbons (Fsp3) is 0.750. The van der Waals surface area contributed by atoms with E-state index in [-0.39, 0.29) is 31.8 Å². The molecule has 0 aromatic heterocycles. The van der Waals surface area contributed by atoms with Crippen LogP contribution in [0.5, 0.6) is 0 Å². The summed E-state index contributed by atoms with van der Waals surface area (Å²) >= 11 is 3.87. The molecular formula is C16H31N3O12S3. The molecule has 2 atom stereocenters. The number of hydrogen-bond acceptors (Lipinski definition) is 12. The summed E-state index contributed by atoms with van der Waals surface area (Å²) in [5, 5.41) is 21.4. The number of carbonyl (C=O) groups is 4. The number of carboxylic acid groups (broad SMARTS) is 2. The largest absolute Gasteiger partial charge is 0.480 e. The van der Waals surface area contributed by atoms with Crippen molar-refractivity contribution in [2.75, 3.05) is 38.0 Å². The van der Waals surface area contributed by atoms with Crippen LogP contribution in [-0.2, 0) is 47.8 Å². The molecule has 0 saturated carbocycles. The molecule has 0 aromatic rings. The Morgan fingerprint density at radius 2 is 1.44 bits per heavy atom. The van der Waals surface area contributed by atoms with Gasteiger partial charge in [0.1, 0.15) is 18.6 Å². The van der Waals surface area contributed by atoms with Crippen molar-refractivity contribution < 1.29 is 54.6 Å². The minimum Gasteiger partial charge on any atom is -0.480 e. The van der Waals surface area contributed by atoms with Crippen LogP contribution in [0.1, 0.15) is 25.7 Å². The van der Waals surface area contributed by atoms with Crippen molar-refractivity contribution in [1.82, 2.24) is 10.6 Å². The molecular weight excluding hydrogens is 522 g/mol. The molecule has 0 spiro atoms. The smallest absolute Gasteiger partial charge is 0.322 e. The Bertz CT molecular complexity index is 841. The predicted octanol–water partition coefficient (Wildman–Crippen LogP) is -2.49. The zero-order valence-electron chi connectivity index (χ0n) is 18.6. The maximum Gasteiger partial charge on any atom is 0.322 e. The van der Waals surface area contributed by atoms with Gasteiger partial charge in [-0.3, -0.25) is 27.5 Å². The van der Waals surface area contributed by atoms with Crippen LogP contribution in [0, 0.1) is 0 Å². The highest BCUT2D eigenvalue weighted by Crippen LogP contribution is 1.98. The van der Waals surface area contributed by atoms with Crippen LogP contribution < -0.4 is 16.4 Å². The summed E-state index contributed by atoms with van der Waals surface area (Å²) in [6.45, 7) is -0.471. The standard InChI is InChI=1S/C10H17N3O6S.C6H14O6S2/c11-5(10(18)19)1-2-7(14)13-6(4-20)9(17)12-3-8(15)16;1-13(7,8)11-5-3-4-6-12-14(2,9)10/h5-6,20H,1-4,11H2,(H,12,17)(H,13,14)(H,15,16)(H,18,19);3-6H2,1-2H3. The predicted molar refractivity (Wildman–Crippen MR) is 122 cm³/mol. The van der Waals surface area contributed by atoms with Gasteiger partial charge in [-0.2, -0.15) is 29.5 Å². The van der Waals surface area contributed by atoms with Gasteiger partial charge in [-0.25, -0.2) is 0 Å². The van der Waals surface area contributed by atoms with Crippen LogP contribution in [0.4, 0.5) is 0 Å². The number of amides is 2. The molecule has 0 bridgehead atoms. The zero-order chi connectivity index (χ0) is 26.9. The van der Waals surface area contributed by atoms with Crippen LogP contribution in [0.25, 0.3) is 0 Å². The third-order valence-corrected chi connectivity index (χ3v) is 4.94. The maximum atomic E-state index is 11.5. The Balaban J connectivity index is 0. The van der Waals surface area contributed by atoms with Crippen molar-refractivity contribution >= 4 is 56.6 Å². The molecule has 0 aliphatic heterocycles. The lowest BCUT2D eigenvalue weighted by Gasteiger charge is -2.16. The number of rotatable bonds is 16. The molecule has 0 aliphatic carbocycles. The number of aliphatic carboxylic acids is 2. The lowest BCUT2D eigenvalue weighted by molar-refractivity contribution is -0.139. The molecule has 2 amide bonds. The second-order valence-electron chi connectivity index (χ2n) is 6.66. The van der Waals surface area contributed by atoms with Gasteiger partial charge in [-0.05, 0) is 19.3 Å². The van der Waals surface area contributed by atoms with E-state index in [1.54, 1.807) is 0 Å². The van der Waals surface area contributed by atoms with E-state index in [1.165, 1.54) is 0 Å². The first-order valence-electron chi connectivity index (χ1n) is 9.55. The lowest BCUT2D eigenvalue weighted by Crippen LogP contribution is -2.49. The molecule has 0 aromatic carbocycles. The maximum absolute atomic E-state index is 11.5. The summed E-state index contributed by atoms with van der Waals surface area (Å²) < 4.78 is 50.8. The Labute approximate surface area is 203 Å². The molecule has 18 heteroatoms. The monoisotopic (exact) mass is 553 g/mol. The fourth-order valence-corrected chi connectivity index (χ4v) is 2.88. The minimum atomic E-state index is -3.40. The van der Waals surface area contributed by atoms with E-state index in [9.17, 15) is 36.0 Å². The summed E-state index contributed by atoms with van der Waals surface area (Å²) in [4.78, 5) is 43.7. The summed E-state index contributed by atoms with van der Waals surface area (Å²) in [6.07, 6.45) is 2.55. The highest BCUT2D eigenvalue weighted by atomic mass is 32.2. The lowest BCUT2D eigenvalue weighted by atomic mass is 10.1. The quantitative estimate of drug-likeness (QED) is 0.0659. The SMILES string of the molecule is CS(=O)(=O)OCCCCOS(C)(=O)=O.NC(CCC(=O)NC(CS)C(=O)NCC(=O)O)C(=O)O. The summed E-state index contributed by atoms with van der Waals surface area (Å²) in [5.41, 5.74) is 5.23. The van der Waals surface area contributed by atoms with Crippen LogP contribution >= 0.6 is 12.6 Å². The normalized spacial score (nSPS) is 13.1. The summed E-state index contributed by atoms with van der Waals surface area (Å²) in [5.74, 6) is -3.70. The van der Waals surface area contributed by atoms with Crippen LogP contribution in [-0.4, -0.2) is 101 Å².